The number of hydrogen-bond donors (Lipinski definition) is 1. The maximum atomic E-state index is 12.9. The third kappa shape index (κ3) is 2.66. The fourth-order valence-corrected chi connectivity index (χ4v) is 1.21. The molecule has 1 aromatic rings. The number of rotatable bonds is 2. The molecule has 13 heavy (non-hydrogen) atoms. The summed E-state index contributed by atoms with van der Waals surface area (Å²) < 4.78 is 13.1. The van der Waals surface area contributed by atoms with Crippen LogP contribution in [0, 0.1) is 5.82 Å². The second-order valence-corrected chi connectivity index (χ2v) is 3.11. The van der Waals surface area contributed by atoms with E-state index in [1.54, 1.807) is 6.07 Å². The number of carboxylic acids is 1. The van der Waals surface area contributed by atoms with Gasteiger partial charge in [0.15, 0.2) is 0 Å². The van der Waals surface area contributed by atoms with Gasteiger partial charge in [-0.05, 0) is 33.6 Å². The van der Waals surface area contributed by atoms with Crippen molar-refractivity contribution in [2.45, 2.75) is 0 Å². The van der Waals surface area contributed by atoms with Crippen molar-refractivity contribution in [1.82, 2.24) is 0 Å². The average molecular weight is 245 g/mol. The van der Waals surface area contributed by atoms with Gasteiger partial charge in [-0.3, -0.25) is 0 Å². The molecule has 0 unspecified atom stereocenters. The van der Waals surface area contributed by atoms with Crippen molar-refractivity contribution in [2.24, 2.45) is 0 Å². The highest BCUT2D eigenvalue weighted by molar-refractivity contribution is 9.10. The Morgan fingerprint density at radius 1 is 1.54 bits per heavy atom. The number of carboxylic acid groups (broad SMARTS) is 1. The van der Waals surface area contributed by atoms with Crippen molar-refractivity contribution in [3.8, 4) is 0 Å². The van der Waals surface area contributed by atoms with Crippen LogP contribution in [0.15, 0.2) is 28.7 Å². The van der Waals surface area contributed by atoms with Crippen molar-refractivity contribution in [3.05, 3.63) is 40.1 Å². The maximum Gasteiger partial charge on any atom is 0.328 e. The van der Waals surface area contributed by atoms with E-state index in [2.05, 4.69) is 15.9 Å². The summed E-state index contributed by atoms with van der Waals surface area (Å²) in [5.41, 5.74) is 0.502. The first kappa shape index (κ1) is 9.92. The number of benzene rings is 1. The Kier molecular flexibility index (Phi) is 3.19. The van der Waals surface area contributed by atoms with E-state index in [1.165, 1.54) is 18.2 Å². The van der Waals surface area contributed by atoms with E-state index >= 15 is 0 Å². The third-order valence-corrected chi connectivity index (χ3v) is 2.22. The van der Waals surface area contributed by atoms with Gasteiger partial charge in [-0.2, -0.15) is 0 Å². The van der Waals surface area contributed by atoms with Crippen LogP contribution in [0.2, 0.25) is 0 Å². The molecule has 0 radical (unpaired) electrons. The molecule has 0 heterocycles. The number of aliphatic carboxylic acids is 1. The fourth-order valence-electron chi connectivity index (χ4n) is 0.810. The summed E-state index contributed by atoms with van der Waals surface area (Å²) >= 11 is 3.01. The Morgan fingerprint density at radius 3 is 2.85 bits per heavy atom. The van der Waals surface area contributed by atoms with Gasteiger partial charge in [-0.1, -0.05) is 12.1 Å². The van der Waals surface area contributed by atoms with Gasteiger partial charge in [0.05, 0.1) is 4.47 Å². The van der Waals surface area contributed by atoms with Gasteiger partial charge in [0, 0.05) is 6.08 Å². The van der Waals surface area contributed by atoms with E-state index in [-0.39, 0.29) is 4.47 Å². The van der Waals surface area contributed by atoms with Gasteiger partial charge in [-0.15, -0.1) is 0 Å². The predicted molar refractivity (Wildman–Crippen MR) is 50.8 cm³/mol. The molecule has 1 N–H and O–H groups in total. The highest BCUT2D eigenvalue weighted by Gasteiger charge is 2.01. The molecule has 0 spiro atoms. The molecule has 1 rings (SSSR count). The molecular formula is C9H6BrFO2. The molecule has 0 aliphatic rings. The second kappa shape index (κ2) is 4.18. The molecule has 0 saturated carbocycles. The van der Waals surface area contributed by atoms with E-state index < -0.39 is 11.8 Å². The fraction of sp³-hybridized carbons (Fsp3) is 0. The minimum Gasteiger partial charge on any atom is -0.478 e. The van der Waals surface area contributed by atoms with Crippen LogP contribution in [-0.2, 0) is 4.79 Å². The van der Waals surface area contributed by atoms with E-state index in [4.69, 9.17) is 5.11 Å². The summed E-state index contributed by atoms with van der Waals surface area (Å²) in [5.74, 6) is -1.47. The first-order valence-corrected chi connectivity index (χ1v) is 4.25. The van der Waals surface area contributed by atoms with Gasteiger partial charge in [-0.25, -0.2) is 9.18 Å². The van der Waals surface area contributed by atoms with Gasteiger partial charge in [0.25, 0.3) is 0 Å². The van der Waals surface area contributed by atoms with Crippen LogP contribution < -0.4 is 0 Å². The van der Waals surface area contributed by atoms with Gasteiger partial charge in [0.1, 0.15) is 5.82 Å². The second-order valence-electron chi connectivity index (χ2n) is 2.31. The van der Waals surface area contributed by atoms with Crippen molar-refractivity contribution in [3.63, 3.8) is 0 Å². The van der Waals surface area contributed by atoms with Crippen LogP contribution in [0.4, 0.5) is 4.39 Å². The highest BCUT2D eigenvalue weighted by atomic mass is 79.9. The van der Waals surface area contributed by atoms with Gasteiger partial charge >= 0.3 is 5.97 Å². The first-order valence-electron chi connectivity index (χ1n) is 3.46. The molecule has 1 aromatic carbocycles. The standard InChI is InChI=1S/C9H6BrFO2/c10-9-6(4-5-8(12)13)2-1-3-7(9)11/h1-5H,(H,12,13). The molecule has 0 saturated heterocycles. The molecule has 0 fully saturated rings. The lowest BCUT2D eigenvalue weighted by Gasteiger charge is -1.97. The van der Waals surface area contributed by atoms with E-state index in [0.29, 0.717) is 5.56 Å². The molecule has 0 atom stereocenters. The minimum atomic E-state index is -1.06. The molecule has 68 valence electrons. The lowest BCUT2D eigenvalue weighted by molar-refractivity contribution is -0.131. The summed E-state index contributed by atoms with van der Waals surface area (Å²) in [6.07, 6.45) is 2.29. The average Bonchev–Trinajstić information content (AvgIpc) is 2.07. The lowest BCUT2D eigenvalue weighted by Crippen LogP contribution is -1.87. The van der Waals surface area contributed by atoms with Crippen molar-refractivity contribution < 1.29 is 14.3 Å². The SMILES string of the molecule is O=C(O)C=Cc1cccc(F)c1Br. The van der Waals surface area contributed by atoms with Crippen LogP contribution in [0.3, 0.4) is 0 Å². The predicted octanol–water partition coefficient (Wildman–Crippen LogP) is 2.69. The Morgan fingerprint density at radius 2 is 2.23 bits per heavy atom. The Hall–Kier alpha value is -1.16. The van der Waals surface area contributed by atoms with Crippen LogP contribution in [0.25, 0.3) is 6.08 Å². The van der Waals surface area contributed by atoms with E-state index in [1.807, 2.05) is 0 Å². The molecule has 2 nitrogen and oxygen atoms in total. The highest BCUT2D eigenvalue weighted by Crippen LogP contribution is 2.21. The Bertz CT molecular complexity index is 361. The van der Waals surface area contributed by atoms with Crippen molar-refractivity contribution in [2.75, 3.05) is 0 Å². The van der Waals surface area contributed by atoms with Crippen molar-refractivity contribution in [1.29, 1.82) is 0 Å². The molecule has 0 aromatic heterocycles. The summed E-state index contributed by atoms with van der Waals surface area (Å²) in [7, 11) is 0. The number of halogens is 2. The normalized spacial score (nSPS) is 10.6. The van der Waals surface area contributed by atoms with Crippen LogP contribution in [0.5, 0.6) is 0 Å². The Labute approximate surface area is 82.8 Å². The van der Waals surface area contributed by atoms with Crippen molar-refractivity contribution >= 4 is 28.0 Å². The molecule has 0 aliphatic heterocycles. The summed E-state index contributed by atoms with van der Waals surface area (Å²) in [4.78, 5) is 10.2. The number of hydrogen-bond acceptors (Lipinski definition) is 1. The zero-order chi connectivity index (χ0) is 9.84. The molecule has 0 amide bonds. The summed E-state index contributed by atoms with van der Waals surface area (Å²) in [5, 5.41) is 8.34. The molecule has 4 heteroatoms. The van der Waals surface area contributed by atoms with Crippen LogP contribution >= 0.6 is 15.9 Å². The lowest BCUT2D eigenvalue weighted by atomic mass is 10.2. The van der Waals surface area contributed by atoms with E-state index in [0.717, 1.165) is 6.08 Å². The van der Waals surface area contributed by atoms with Gasteiger partial charge < -0.3 is 5.11 Å². The zero-order valence-electron chi connectivity index (χ0n) is 6.50. The zero-order valence-corrected chi connectivity index (χ0v) is 8.08. The quantitative estimate of drug-likeness (QED) is 0.813. The van der Waals surface area contributed by atoms with Gasteiger partial charge in [0.2, 0.25) is 0 Å². The molecule has 0 bridgehead atoms. The number of carbonyl (C=O) groups is 1. The van der Waals surface area contributed by atoms with E-state index in [9.17, 15) is 9.18 Å². The smallest absolute Gasteiger partial charge is 0.328 e. The molecular weight excluding hydrogens is 239 g/mol. The van der Waals surface area contributed by atoms with Crippen LogP contribution in [0.1, 0.15) is 5.56 Å². The third-order valence-electron chi connectivity index (χ3n) is 1.39. The maximum absolute atomic E-state index is 12.9. The minimum absolute atomic E-state index is 0.271. The van der Waals surface area contributed by atoms with Crippen LogP contribution in [-0.4, -0.2) is 11.1 Å². The monoisotopic (exact) mass is 244 g/mol. The largest absolute Gasteiger partial charge is 0.478 e. The first-order chi connectivity index (χ1) is 6.11. The molecule has 0 aliphatic carbocycles. The Balaban J connectivity index is 3.02. The summed E-state index contributed by atoms with van der Waals surface area (Å²) in [6.45, 7) is 0. The summed E-state index contributed by atoms with van der Waals surface area (Å²) in [6, 6.07) is 4.43. The topological polar surface area (TPSA) is 37.3 Å².